The van der Waals surface area contributed by atoms with Crippen molar-refractivity contribution < 1.29 is 33.5 Å². The summed E-state index contributed by atoms with van der Waals surface area (Å²) in [6.45, 7) is 1.39. The van der Waals surface area contributed by atoms with Gasteiger partial charge in [-0.2, -0.15) is 0 Å². The maximum Gasteiger partial charge on any atom is 0.339 e. The predicted octanol–water partition coefficient (Wildman–Crippen LogP) is 2.80. The SMILES string of the molecule is COc1cc([N+](=O)[O-])ccc1NC(=O)[C@@H](C)OC(=O)c1ccc(OC)c(OC)c1. The molecule has 2 aromatic rings. The molecule has 0 saturated carbocycles. The van der Waals surface area contributed by atoms with Gasteiger partial charge in [0.05, 0.1) is 43.6 Å². The first-order chi connectivity index (χ1) is 13.8. The molecule has 0 aromatic heterocycles. The molecule has 1 N–H and O–H groups in total. The van der Waals surface area contributed by atoms with E-state index < -0.39 is 22.9 Å². The van der Waals surface area contributed by atoms with Gasteiger partial charge in [0.1, 0.15) is 5.75 Å². The molecule has 10 heteroatoms. The number of nitro groups is 1. The lowest BCUT2D eigenvalue weighted by molar-refractivity contribution is -0.384. The van der Waals surface area contributed by atoms with Gasteiger partial charge in [0, 0.05) is 6.07 Å². The highest BCUT2D eigenvalue weighted by atomic mass is 16.6. The molecular weight excluding hydrogens is 384 g/mol. The highest BCUT2D eigenvalue weighted by molar-refractivity contribution is 5.98. The monoisotopic (exact) mass is 404 g/mol. The van der Waals surface area contributed by atoms with Crippen molar-refractivity contribution in [2.45, 2.75) is 13.0 Å². The number of rotatable bonds is 8. The van der Waals surface area contributed by atoms with Crippen LogP contribution in [0.4, 0.5) is 11.4 Å². The number of anilines is 1. The molecular formula is C19H20N2O8. The third-order valence-electron chi connectivity index (χ3n) is 3.93. The largest absolute Gasteiger partial charge is 0.494 e. The van der Waals surface area contributed by atoms with Gasteiger partial charge in [-0.3, -0.25) is 14.9 Å². The number of benzene rings is 2. The van der Waals surface area contributed by atoms with Crippen molar-refractivity contribution in [3.05, 3.63) is 52.1 Å². The Kier molecular flexibility index (Phi) is 6.96. The standard InChI is InChI=1S/C19H20N2O8/c1-11(29-19(23)12-5-8-15(26-2)17(9-12)28-4)18(22)20-14-7-6-13(21(24)25)10-16(14)27-3/h5-11H,1-4H3,(H,20,22)/t11-/m1/s1. The van der Waals surface area contributed by atoms with Crippen molar-refractivity contribution in [2.75, 3.05) is 26.6 Å². The molecule has 0 aliphatic carbocycles. The Morgan fingerprint density at radius 2 is 1.62 bits per heavy atom. The molecule has 0 saturated heterocycles. The van der Waals surface area contributed by atoms with E-state index in [0.717, 1.165) is 0 Å². The van der Waals surface area contributed by atoms with E-state index in [9.17, 15) is 19.7 Å². The summed E-state index contributed by atoms with van der Waals surface area (Å²) in [7, 11) is 4.21. The van der Waals surface area contributed by atoms with Crippen molar-refractivity contribution in [3.63, 3.8) is 0 Å². The zero-order chi connectivity index (χ0) is 21.6. The van der Waals surface area contributed by atoms with E-state index in [1.54, 1.807) is 6.07 Å². The summed E-state index contributed by atoms with van der Waals surface area (Å²) in [5.74, 6) is -0.476. The molecule has 1 amide bonds. The van der Waals surface area contributed by atoms with Gasteiger partial charge in [-0.1, -0.05) is 0 Å². The van der Waals surface area contributed by atoms with Gasteiger partial charge in [-0.25, -0.2) is 4.79 Å². The number of nitro benzene ring substituents is 1. The fraction of sp³-hybridized carbons (Fsp3) is 0.263. The minimum Gasteiger partial charge on any atom is -0.494 e. The smallest absolute Gasteiger partial charge is 0.339 e. The fourth-order valence-electron chi connectivity index (χ4n) is 2.38. The number of nitrogens with one attached hydrogen (secondary N) is 1. The van der Waals surface area contributed by atoms with Crippen LogP contribution in [0.3, 0.4) is 0 Å². The van der Waals surface area contributed by atoms with E-state index in [-0.39, 0.29) is 22.7 Å². The first kappa shape index (κ1) is 21.5. The van der Waals surface area contributed by atoms with E-state index in [4.69, 9.17) is 18.9 Å². The molecule has 0 radical (unpaired) electrons. The number of hydrogen-bond donors (Lipinski definition) is 1. The quantitative estimate of drug-likeness (QED) is 0.404. The number of carbonyl (C=O) groups excluding carboxylic acids is 2. The Hall–Kier alpha value is -3.82. The van der Waals surface area contributed by atoms with Gasteiger partial charge in [0.25, 0.3) is 11.6 Å². The molecule has 0 fully saturated rings. The molecule has 29 heavy (non-hydrogen) atoms. The summed E-state index contributed by atoms with van der Waals surface area (Å²) in [6, 6.07) is 8.19. The fourth-order valence-corrected chi connectivity index (χ4v) is 2.38. The summed E-state index contributed by atoms with van der Waals surface area (Å²) in [4.78, 5) is 35.0. The molecule has 1 atom stereocenters. The molecule has 2 aromatic carbocycles. The average Bonchev–Trinajstić information content (AvgIpc) is 2.72. The summed E-state index contributed by atoms with van der Waals surface area (Å²) in [6.07, 6.45) is -1.14. The minimum absolute atomic E-state index is 0.103. The van der Waals surface area contributed by atoms with Gasteiger partial charge in [0.2, 0.25) is 0 Å². The van der Waals surface area contributed by atoms with Crippen molar-refractivity contribution in [1.82, 2.24) is 0 Å². The number of amides is 1. The molecule has 0 aliphatic rings. The summed E-state index contributed by atoms with van der Waals surface area (Å²) in [5, 5.41) is 13.4. The van der Waals surface area contributed by atoms with Gasteiger partial charge >= 0.3 is 5.97 Å². The van der Waals surface area contributed by atoms with Gasteiger partial charge in [-0.05, 0) is 31.2 Å². The van der Waals surface area contributed by atoms with Crippen LogP contribution in [0.25, 0.3) is 0 Å². The molecule has 154 valence electrons. The first-order valence-corrected chi connectivity index (χ1v) is 8.37. The predicted molar refractivity (Wildman–Crippen MR) is 103 cm³/mol. The van der Waals surface area contributed by atoms with Gasteiger partial charge < -0.3 is 24.3 Å². The first-order valence-electron chi connectivity index (χ1n) is 8.37. The number of carbonyl (C=O) groups is 2. The van der Waals surface area contributed by atoms with Crippen LogP contribution < -0.4 is 19.5 Å². The molecule has 0 unspecified atom stereocenters. The normalized spacial score (nSPS) is 11.2. The molecule has 10 nitrogen and oxygen atoms in total. The van der Waals surface area contributed by atoms with Gasteiger partial charge in [-0.15, -0.1) is 0 Å². The van der Waals surface area contributed by atoms with Crippen LogP contribution in [-0.2, 0) is 9.53 Å². The highest BCUT2D eigenvalue weighted by Gasteiger charge is 2.22. The number of methoxy groups -OCH3 is 3. The highest BCUT2D eigenvalue weighted by Crippen LogP contribution is 2.30. The lowest BCUT2D eigenvalue weighted by atomic mass is 10.2. The van der Waals surface area contributed by atoms with E-state index in [1.807, 2.05) is 0 Å². The topological polar surface area (TPSA) is 126 Å². The average molecular weight is 404 g/mol. The maximum atomic E-state index is 12.4. The summed E-state index contributed by atoms with van der Waals surface area (Å²) >= 11 is 0. The van der Waals surface area contributed by atoms with Gasteiger partial charge in [0.15, 0.2) is 17.6 Å². The lowest BCUT2D eigenvalue weighted by Gasteiger charge is -2.15. The van der Waals surface area contributed by atoms with Crippen LogP contribution in [0, 0.1) is 10.1 Å². The van der Waals surface area contributed by atoms with Crippen molar-refractivity contribution in [2.24, 2.45) is 0 Å². The number of hydrogen-bond acceptors (Lipinski definition) is 8. The minimum atomic E-state index is -1.14. The van der Waals surface area contributed by atoms with Crippen LogP contribution in [0.15, 0.2) is 36.4 Å². The second-order valence-corrected chi connectivity index (χ2v) is 5.75. The van der Waals surface area contributed by atoms with Crippen molar-refractivity contribution in [3.8, 4) is 17.2 Å². The molecule has 0 spiro atoms. The zero-order valence-electron chi connectivity index (χ0n) is 16.3. The van der Waals surface area contributed by atoms with Crippen LogP contribution in [0.5, 0.6) is 17.2 Å². The van der Waals surface area contributed by atoms with Crippen LogP contribution in [-0.4, -0.2) is 44.2 Å². The number of ether oxygens (including phenoxy) is 4. The third kappa shape index (κ3) is 5.12. The Morgan fingerprint density at radius 1 is 0.966 bits per heavy atom. The zero-order valence-corrected chi connectivity index (χ0v) is 16.3. The number of non-ortho nitro benzene ring substituents is 1. The second-order valence-electron chi connectivity index (χ2n) is 5.75. The maximum absolute atomic E-state index is 12.4. The van der Waals surface area contributed by atoms with E-state index in [2.05, 4.69) is 5.32 Å². The lowest BCUT2D eigenvalue weighted by Crippen LogP contribution is -2.30. The van der Waals surface area contributed by atoms with Crippen molar-refractivity contribution in [1.29, 1.82) is 0 Å². The van der Waals surface area contributed by atoms with E-state index >= 15 is 0 Å². The van der Waals surface area contributed by atoms with Crippen LogP contribution in [0.2, 0.25) is 0 Å². The summed E-state index contributed by atoms with van der Waals surface area (Å²) < 4.78 is 20.5. The molecule has 0 bridgehead atoms. The Morgan fingerprint density at radius 3 is 2.21 bits per heavy atom. The Labute approximate surface area is 166 Å². The number of nitrogens with zero attached hydrogens (tertiary/aromatic N) is 1. The molecule has 2 rings (SSSR count). The third-order valence-corrected chi connectivity index (χ3v) is 3.93. The number of esters is 1. The van der Waals surface area contributed by atoms with Crippen LogP contribution in [0.1, 0.15) is 17.3 Å². The van der Waals surface area contributed by atoms with Crippen LogP contribution >= 0.6 is 0 Å². The van der Waals surface area contributed by atoms with E-state index in [0.29, 0.717) is 11.5 Å². The molecule has 0 heterocycles. The summed E-state index contributed by atoms with van der Waals surface area (Å²) in [5.41, 5.74) is 0.195. The van der Waals surface area contributed by atoms with E-state index in [1.165, 1.54) is 58.6 Å². The molecule has 0 aliphatic heterocycles. The Bertz CT molecular complexity index is 928. The Balaban J connectivity index is 2.09. The van der Waals surface area contributed by atoms with Crippen molar-refractivity contribution >= 4 is 23.3 Å². The second kappa shape index (κ2) is 9.40.